The molecule has 1 atom stereocenters. The molecule has 0 saturated heterocycles. The minimum absolute atomic E-state index is 0.00715. The molecule has 0 unspecified atom stereocenters. The average Bonchev–Trinajstić information content (AvgIpc) is 2.90. The number of anilines is 1. The molecule has 0 aliphatic heterocycles. The SMILES string of the molecule is COc1ccc(N(CC(=O)N(Cc2ccc(Br)cc2)[C@@H](C)C(=O)NC(C)(C)C)S(=O)(=O)c2ccccc2)cc1Cl. The minimum atomic E-state index is -4.19. The van der Waals surface area contributed by atoms with Gasteiger partial charge in [0.25, 0.3) is 10.0 Å². The molecule has 0 bridgehead atoms. The first kappa shape index (κ1) is 31.4. The fraction of sp³-hybridized carbons (Fsp3) is 0.310. The molecule has 0 aromatic heterocycles. The molecule has 0 heterocycles. The Bertz CT molecular complexity index is 1440. The minimum Gasteiger partial charge on any atom is -0.495 e. The maximum Gasteiger partial charge on any atom is 0.264 e. The van der Waals surface area contributed by atoms with Crippen LogP contribution in [0.15, 0.2) is 82.2 Å². The Balaban J connectivity index is 2.06. The highest BCUT2D eigenvalue weighted by molar-refractivity contribution is 9.10. The fourth-order valence-electron chi connectivity index (χ4n) is 3.90. The van der Waals surface area contributed by atoms with Gasteiger partial charge in [0.2, 0.25) is 11.8 Å². The van der Waals surface area contributed by atoms with Crippen molar-refractivity contribution in [3.63, 3.8) is 0 Å². The van der Waals surface area contributed by atoms with E-state index in [1.165, 1.54) is 42.3 Å². The topological polar surface area (TPSA) is 96.0 Å². The number of carbonyl (C=O) groups excluding carboxylic acids is 2. The Morgan fingerprint density at radius 3 is 2.20 bits per heavy atom. The highest BCUT2D eigenvalue weighted by atomic mass is 79.9. The van der Waals surface area contributed by atoms with Crippen molar-refractivity contribution >= 4 is 55.1 Å². The first-order valence-corrected chi connectivity index (χ1v) is 15.1. The second kappa shape index (κ2) is 13.1. The third-order valence-electron chi connectivity index (χ3n) is 5.97. The standard InChI is InChI=1S/C29H33BrClN3O5S/c1-20(28(36)32-29(2,3)4)33(18-21-11-13-22(30)14-12-21)27(35)19-34(23-15-16-26(39-5)25(31)17-23)40(37,38)24-9-7-6-8-10-24/h6-17,20H,18-19H2,1-5H3,(H,32,36)/t20-/m0/s1. The lowest BCUT2D eigenvalue weighted by molar-refractivity contribution is -0.140. The molecule has 8 nitrogen and oxygen atoms in total. The molecular weight excluding hydrogens is 618 g/mol. The molecular formula is C29H33BrClN3O5S. The zero-order valence-corrected chi connectivity index (χ0v) is 26.2. The van der Waals surface area contributed by atoms with E-state index in [-0.39, 0.29) is 28.1 Å². The van der Waals surface area contributed by atoms with Crippen LogP contribution < -0.4 is 14.4 Å². The number of nitrogens with one attached hydrogen (secondary N) is 1. The summed E-state index contributed by atoms with van der Waals surface area (Å²) in [5.41, 5.74) is 0.426. The number of ether oxygens (including phenoxy) is 1. The van der Waals surface area contributed by atoms with Crippen LogP contribution in [0.1, 0.15) is 33.3 Å². The Morgan fingerprint density at radius 1 is 1.02 bits per heavy atom. The van der Waals surface area contributed by atoms with Crippen molar-refractivity contribution in [3.05, 3.63) is 87.9 Å². The molecule has 0 saturated carbocycles. The number of benzene rings is 3. The van der Waals surface area contributed by atoms with E-state index < -0.39 is 34.1 Å². The first-order chi connectivity index (χ1) is 18.7. The van der Waals surface area contributed by atoms with E-state index in [0.717, 1.165) is 14.3 Å². The van der Waals surface area contributed by atoms with E-state index in [0.29, 0.717) is 5.75 Å². The van der Waals surface area contributed by atoms with E-state index in [2.05, 4.69) is 21.2 Å². The quantitative estimate of drug-likeness (QED) is 0.307. The maximum atomic E-state index is 14.0. The third-order valence-corrected chi connectivity index (χ3v) is 8.58. The monoisotopic (exact) mass is 649 g/mol. The third kappa shape index (κ3) is 7.99. The van der Waals surface area contributed by atoms with Gasteiger partial charge in [0.05, 0.1) is 22.7 Å². The van der Waals surface area contributed by atoms with Crippen molar-refractivity contribution in [3.8, 4) is 5.75 Å². The van der Waals surface area contributed by atoms with Crippen LogP contribution in [0.5, 0.6) is 5.75 Å². The molecule has 0 fully saturated rings. The number of halogens is 2. The van der Waals surface area contributed by atoms with Gasteiger partial charge >= 0.3 is 0 Å². The zero-order valence-electron chi connectivity index (χ0n) is 23.0. The van der Waals surface area contributed by atoms with Gasteiger partial charge in [-0.3, -0.25) is 13.9 Å². The largest absolute Gasteiger partial charge is 0.495 e. The van der Waals surface area contributed by atoms with E-state index in [4.69, 9.17) is 16.3 Å². The predicted molar refractivity (Wildman–Crippen MR) is 161 cm³/mol. The summed E-state index contributed by atoms with van der Waals surface area (Å²) in [6, 6.07) is 18.8. The molecule has 3 rings (SSSR count). The smallest absolute Gasteiger partial charge is 0.264 e. The highest BCUT2D eigenvalue weighted by Gasteiger charge is 2.33. The molecule has 0 spiro atoms. The van der Waals surface area contributed by atoms with Crippen LogP contribution >= 0.6 is 27.5 Å². The summed E-state index contributed by atoms with van der Waals surface area (Å²) in [4.78, 5) is 28.5. The summed E-state index contributed by atoms with van der Waals surface area (Å²) in [5.74, 6) is -0.563. The Kier molecular flexibility index (Phi) is 10.3. The molecule has 0 aliphatic rings. The number of nitrogens with zero attached hydrogens (tertiary/aromatic N) is 2. The van der Waals surface area contributed by atoms with Crippen LogP contribution in [0.25, 0.3) is 0 Å². The summed E-state index contributed by atoms with van der Waals surface area (Å²) in [7, 11) is -2.74. The van der Waals surface area contributed by atoms with Crippen LogP contribution in [0, 0.1) is 0 Å². The lowest BCUT2D eigenvalue weighted by atomic mass is 10.1. The molecule has 40 heavy (non-hydrogen) atoms. The van der Waals surface area contributed by atoms with Gasteiger partial charge in [-0.25, -0.2) is 8.42 Å². The summed E-state index contributed by atoms with van der Waals surface area (Å²) in [6.07, 6.45) is 0. The van der Waals surface area contributed by atoms with Gasteiger partial charge in [-0.2, -0.15) is 0 Å². The number of methoxy groups -OCH3 is 1. The van der Waals surface area contributed by atoms with E-state index in [9.17, 15) is 18.0 Å². The van der Waals surface area contributed by atoms with Crippen LogP contribution in [0.4, 0.5) is 5.69 Å². The predicted octanol–water partition coefficient (Wildman–Crippen LogP) is 5.64. The normalized spacial score (nSPS) is 12.4. The first-order valence-electron chi connectivity index (χ1n) is 12.5. The number of hydrogen-bond donors (Lipinski definition) is 1. The summed E-state index contributed by atoms with van der Waals surface area (Å²) in [6.45, 7) is 6.69. The molecule has 1 N–H and O–H groups in total. The molecule has 0 aliphatic carbocycles. The van der Waals surface area contributed by atoms with Gasteiger partial charge in [0, 0.05) is 16.6 Å². The van der Waals surface area contributed by atoms with Crippen LogP contribution in [-0.2, 0) is 26.2 Å². The highest BCUT2D eigenvalue weighted by Crippen LogP contribution is 2.32. The molecule has 214 valence electrons. The Morgan fingerprint density at radius 2 is 1.65 bits per heavy atom. The maximum absolute atomic E-state index is 14.0. The fourth-order valence-corrected chi connectivity index (χ4v) is 5.85. The Labute approximate surface area is 249 Å². The van der Waals surface area contributed by atoms with Gasteiger partial charge in [-0.05, 0) is 75.7 Å². The van der Waals surface area contributed by atoms with Gasteiger partial charge < -0.3 is 15.0 Å². The van der Waals surface area contributed by atoms with Crippen molar-refractivity contribution < 1.29 is 22.7 Å². The lowest BCUT2D eigenvalue weighted by Gasteiger charge is -2.33. The number of sulfonamides is 1. The number of rotatable bonds is 10. The van der Waals surface area contributed by atoms with Gasteiger partial charge in [-0.15, -0.1) is 0 Å². The second-order valence-electron chi connectivity index (χ2n) is 10.2. The van der Waals surface area contributed by atoms with Crippen LogP contribution in [-0.4, -0.2) is 50.4 Å². The average molecular weight is 651 g/mol. The zero-order chi connectivity index (χ0) is 29.7. The second-order valence-corrected chi connectivity index (χ2v) is 13.4. The summed E-state index contributed by atoms with van der Waals surface area (Å²) >= 11 is 9.75. The molecule has 3 aromatic rings. The molecule has 11 heteroatoms. The van der Waals surface area contributed by atoms with E-state index >= 15 is 0 Å². The van der Waals surface area contributed by atoms with Gasteiger partial charge in [0.15, 0.2) is 0 Å². The summed E-state index contributed by atoms with van der Waals surface area (Å²) < 4.78 is 34.8. The van der Waals surface area contributed by atoms with Crippen molar-refractivity contribution in [2.24, 2.45) is 0 Å². The summed E-state index contributed by atoms with van der Waals surface area (Å²) in [5, 5.41) is 3.09. The van der Waals surface area contributed by atoms with Crippen molar-refractivity contribution in [2.75, 3.05) is 18.0 Å². The van der Waals surface area contributed by atoms with Crippen LogP contribution in [0.2, 0.25) is 5.02 Å². The van der Waals surface area contributed by atoms with Gasteiger partial charge in [0.1, 0.15) is 18.3 Å². The van der Waals surface area contributed by atoms with Crippen molar-refractivity contribution in [2.45, 2.75) is 50.7 Å². The van der Waals surface area contributed by atoms with E-state index in [1.54, 1.807) is 25.1 Å². The van der Waals surface area contributed by atoms with Crippen molar-refractivity contribution in [1.82, 2.24) is 10.2 Å². The van der Waals surface area contributed by atoms with E-state index in [1.807, 2.05) is 45.0 Å². The molecule has 2 amide bonds. The molecule has 3 aromatic carbocycles. The molecule has 0 radical (unpaired) electrons. The van der Waals surface area contributed by atoms with Crippen LogP contribution in [0.3, 0.4) is 0 Å². The number of amides is 2. The number of carbonyl (C=O) groups is 2. The number of hydrogen-bond acceptors (Lipinski definition) is 5. The van der Waals surface area contributed by atoms with Crippen molar-refractivity contribution in [1.29, 1.82) is 0 Å². The Hall–Kier alpha value is -3.08. The lowest BCUT2D eigenvalue weighted by Crippen LogP contribution is -2.54. The van der Waals surface area contributed by atoms with Gasteiger partial charge in [-0.1, -0.05) is 57.9 Å².